The fourth-order valence-electron chi connectivity index (χ4n) is 2.34. The fourth-order valence-corrected chi connectivity index (χ4v) is 2.34. The van der Waals surface area contributed by atoms with E-state index in [1.807, 2.05) is 0 Å². The lowest BCUT2D eigenvalue weighted by Crippen LogP contribution is -2.38. The van der Waals surface area contributed by atoms with Crippen LogP contribution < -0.4 is 5.73 Å². The third-order valence-electron chi connectivity index (χ3n) is 3.52. The topological polar surface area (TPSA) is 47.7 Å². The minimum Gasteiger partial charge on any atom is -0.383 e. The summed E-state index contributed by atoms with van der Waals surface area (Å²) in [5.74, 6) is 0. The number of hydrogen-bond acceptors (Lipinski definition) is 4. The molecule has 0 radical (unpaired) electrons. The van der Waals surface area contributed by atoms with Crippen molar-refractivity contribution in [2.45, 2.75) is 25.9 Å². The van der Waals surface area contributed by atoms with Crippen LogP contribution in [0, 0.1) is 0 Å². The van der Waals surface area contributed by atoms with Gasteiger partial charge in [-0.15, -0.1) is 0 Å². The summed E-state index contributed by atoms with van der Waals surface area (Å²) in [6, 6.07) is 8.88. The Hall–Kier alpha value is -0.940. The van der Waals surface area contributed by atoms with Gasteiger partial charge in [0.2, 0.25) is 0 Å². The standard InChI is InChI=1S/C16H28N2O2/c1-14(13-20-3)18(10-11-19-2)12-16-7-5-4-6-15(16)8-9-17/h4-7,14H,8-13,17H2,1-3H3. The Bertz CT molecular complexity index is 371. The molecule has 0 aliphatic carbocycles. The van der Waals surface area contributed by atoms with Gasteiger partial charge < -0.3 is 15.2 Å². The summed E-state index contributed by atoms with van der Waals surface area (Å²) >= 11 is 0. The lowest BCUT2D eigenvalue weighted by atomic mass is 10.0. The molecule has 0 amide bonds. The van der Waals surface area contributed by atoms with Crippen molar-refractivity contribution in [2.24, 2.45) is 5.73 Å². The van der Waals surface area contributed by atoms with Gasteiger partial charge in [0.05, 0.1) is 13.2 Å². The fraction of sp³-hybridized carbons (Fsp3) is 0.625. The first-order valence-corrected chi connectivity index (χ1v) is 7.21. The molecule has 0 aliphatic heterocycles. The summed E-state index contributed by atoms with van der Waals surface area (Å²) in [7, 11) is 3.48. The summed E-state index contributed by atoms with van der Waals surface area (Å²) in [5.41, 5.74) is 8.37. The van der Waals surface area contributed by atoms with E-state index in [2.05, 4.69) is 36.1 Å². The van der Waals surface area contributed by atoms with Gasteiger partial charge in [0, 0.05) is 33.4 Å². The number of ether oxygens (including phenoxy) is 2. The van der Waals surface area contributed by atoms with E-state index in [1.54, 1.807) is 14.2 Å². The van der Waals surface area contributed by atoms with Crippen LogP contribution in [0.15, 0.2) is 24.3 Å². The van der Waals surface area contributed by atoms with Crippen LogP contribution in [0.2, 0.25) is 0 Å². The van der Waals surface area contributed by atoms with Crippen LogP contribution in [0.1, 0.15) is 18.1 Å². The third kappa shape index (κ3) is 5.59. The van der Waals surface area contributed by atoms with Crippen molar-refractivity contribution in [1.29, 1.82) is 0 Å². The molecule has 1 atom stereocenters. The van der Waals surface area contributed by atoms with Crippen molar-refractivity contribution in [2.75, 3.05) is 40.5 Å². The highest BCUT2D eigenvalue weighted by Gasteiger charge is 2.15. The molecule has 4 nitrogen and oxygen atoms in total. The normalized spacial score (nSPS) is 12.8. The van der Waals surface area contributed by atoms with Crippen LogP contribution in [0.25, 0.3) is 0 Å². The van der Waals surface area contributed by atoms with Crippen LogP contribution in [0.5, 0.6) is 0 Å². The average Bonchev–Trinajstić information content (AvgIpc) is 2.45. The molecule has 1 aromatic carbocycles. The number of hydrogen-bond donors (Lipinski definition) is 1. The van der Waals surface area contributed by atoms with E-state index >= 15 is 0 Å². The molecule has 1 aromatic rings. The van der Waals surface area contributed by atoms with Gasteiger partial charge in [0.1, 0.15) is 0 Å². The molecule has 0 bridgehead atoms. The SMILES string of the molecule is COCCN(Cc1ccccc1CCN)C(C)COC. The van der Waals surface area contributed by atoms with Gasteiger partial charge in [-0.2, -0.15) is 0 Å². The second kappa shape index (κ2) is 9.88. The first-order chi connectivity index (χ1) is 9.72. The maximum absolute atomic E-state index is 5.69. The Balaban J connectivity index is 2.77. The van der Waals surface area contributed by atoms with Gasteiger partial charge in [-0.1, -0.05) is 24.3 Å². The predicted octanol–water partition coefficient (Wildman–Crippen LogP) is 1.67. The highest BCUT2D eigenvalue weighted by molar-refractivity contribution is 5.27. The summed E-state index contributed by atoms with van der Waals surface area (Å²) in [6.45, 7) is 6.13. The van der Waals surface area contributed by atoms with Crippen LogP contribution in [0.3, 0.4) is 0 Å². The molecule has 0 spiro atoms. The van der Waals surface area contributed by atoms with Crippen LogP contribution in [-0.2, 0) is 22.4 Å². The number of benzene rings is 1. The highest BCUT2D eigenvalue weighted by atomic mass is 16.5. The van der Waals surface area contributed by atoms with Gasteiger partial charge in [-0.05, 0) is 31.0 Å². The molecule has 2 N–H and O–H groups in total. The van der Waals surface area contributed by atoms with E-state index in [1.165, 1.54) is 11.1 Å². The van der Waals surface area contributed by atoms with Gasteiger partial charge in [0.15, 0.2) is 0 Å². The molecular formula is C16H28N2O2. The molecule has 114 valence electrons. The summed E-state index contributed by atoms with van der Waals surface area (Å²) in [6.07, 6.45) is 0.924. The van der Waals surface area contributed by atoms with Crippen LogP contribution >= 0.6 is 0 Å². The van der Waals surface area contributed by atoms with Crippen molar-refractivity contribution in [3.05, 3.63) is 35.4 Å². The molecule has 0 fully saturated rings. The van der Waals surface area contributed by atoms with Gasteiger partial charge in [-0.25, -0.2) is 0 Å². The largest absolute Gasteiger partial charge is 0.383 e. The second-order valence-electron chi connectivity index (χ2n) is 5.08. The molecule has 4 heteroatoms. The molecule has 1 rings (SSSR count). The smallest absolute Gasteiger partial charge is 0.0615 e. The van der Waals surface area contributed by atoms with Crippen LogP contribution in [0.4, 0.5) is 0 Å². The first-order valence-electron chi connectivity index (χ1n) is 7.21. The van der Waals surface area contributed by atoms with E-state index in [0.717, 1.165) is 32.7 Å². The predicted molar refractivity (Wildman–Crippen MR) is 82.8 cm³/mol. The summed E-state index contributed by atoms with van der Waals surface area (Å²) < 4.78 is 10.5. The minimum absolute atomic E-state index is 0.362. The second-order valence-corrected chi connectivity index (χ2v) is 5.08. The number of nitrogens with zero attached hydrogens (tertiary/aromatic N) is 1. The molecule has 0 aromatic heterocycles. The van der Waals surface area contributed by atoms with E-state index in [0.29, 0.717) is 12.6 Å². The van der Waals surface area contributed by atoms with Gasteiger partial charge in [-0.3, -0.25) is 4.90 Å². The Morgan fingerprint density at radius 1 is 1.15 bits per heavy atom. The van der Waals surface area contributed by atoms with Crippen molar-refractivity contribution in [3.8, 4) is 0 Å². The zero-order valence-corrected chi connectivity index (χ0v) is 13.0. The lowest BCUT2D eigenvalue weighted by molar-refractivity contribution is 0.0703. The molecule has 20 heavy (non-hydrogen) atoms. The maximum Gasteiger partial charge on any atom is 0.0615 e. The molecule has 1 unspecified atom stereocenters. The monoisotopic (exact) mass is 280 g/mol. The Labute approximate surface area is 122 Å². The van der Waals surface area contributed by atoms with Crippen molar-refractivity contribution < 1.29 is 9.47 Å². The molecular weight excluding hydrogens is 252 g/mol. The molecule has 0 saturated heterocycles. The summed E-state index contributed by atoms with van der Waals surface area (Å²) in [5, 5.41) is 0. The van der Waals surface area contributed by atoms with E-state index < -0.39 is 0 Å². The average molecular weight is 280 g/mol. The van der Waals surface area contributed by atoms with Crippen molar-refractivity contribution in [1.82, 2.24) is 4.90 Å². The zero-order valence-electron chi connectivity index (χ0n) is 13.0. The lowest BCUT2D eigenvalue weighted by Gasteiger charge is -2.29. The van der Waals surface area contributed by atoms with E-state index in [4.69, 9.17) is 15.2 Å². The minimum atomic E-state index is 0.362. The maximum atomic E-state index is 5.69. The molecule has 0 aliphatic rings. The number of methoxy groups -OCH3 is 2. The third-order valence-corrected chi connectivity index (χ3v) is 3.52. The Morgan fingerprint density at radius 3 is 2.45 bits per heavy atom. The Kier molecular flexibility index (Phi) is 8.46. The number of rotatable bonds is 10. The van der Waals surface area contributed by atoms with Crippen molar-refractivity contribution in [3.63, 3.8) is 0 Å². The molecule has 0 heterocycles. The van der Waals surface area contributed by atoms with Gasteiger partial charge >= 0.3 is 0 Å². The van der Waals surface area contributed by atoms with Gasteiger partial charge in [0.25, 0.3) is 0 Å². The highest BCUT2D eigenvalue weighted by Crippen LogP contribution is 2.14. The number of nitrogens with two attached hydrogens (primary N) is 1. The van der Waals surface area contributed by atoms with E-state index in [9.17, 15) is 0 Å². The molecule has 0 saturated carbocycles. The Morgan fingerprint density at radius 2 is 1.85 bits per heavy atom. The van der Waals surface area contributed by atoms with Crippen LogP contribution in [-0.4, -0.2) is 51.5 Å². The quantitative estimate of drug-likeness (QED) is 0.708. The first kappa shape index (κ1) is 17.1. The van der Waals surface area contributed by atoms with E-state index in [-0.39, 0.29) is 0 Å². The summed E-state index contributed by atoms with van der Waals surface area (Å²) in [4.78, 5) is 2.39. The van der Waals surface area contributed by atoms with Crippen molar-refractivity contribution >= 4 is 0 Å². The zero-order chi connectivity index (χ0) is 14.8.